The van der Waals surface area contributed by atoms with Gasteiger partial charge in [-0.05, 0) is 22.6 Å². The standard InChI is InChI=1S/C8H8F2INO2/c1-13-4-3-5(14-2)8(11)12-6(4)7(9)10/h3,7H,1-2H3. The number of methoxy groups -OCH3 is 2. The molecule has 0 bridgehead atoms. The molecule has 78 valence electrons. The molecule has 1 heterocycles. The molecule has 0 aliphatic rings. The molecule has 0 spiro atoms. The number of hydrogen-bond donors (Lipinski definition) is 0. The van der Waals surface area contributed by atoms with Crippen LogP contribution >= 0.6 is 22.6 Å². The summed E-state index contributed by atoms with van der Waals surface area (Å²) in [6, 6.07) is 1.40. The van der Waals surface area contributed by atoms with Gasteiger partial charge >= 0.3 is 0 Å². The third-order valence-corrected chi connectivity index (χ3v) is 2.36. The quantitative estimate of drug-likeness (QED) is 0.635. The molecule has 0 aromatic carbocycles. The van der Waals surface area contributed by atoms with Gasteiger partial charge in [-0.3, -0.25) is 0 Å². The Morgan fingerprint density at radius 2 is 1.86 bits per heavy atom. The fourth-order valence-corrected chi connectivity index (χ4v) is 1.57. The first kappa shape index (κ1) is 11.4. The zero-order valence-electron chi connectivity index (χ0n) is 7.55. The fraction of sp³-hybridized carbons (Fsp3) is 0.375. The van der Waals surface area contributed by atoms with Gasteiger partial charge in [0.25, 0.3) is 6.43 Å². The molecule has 0 unspecified atom stereocenters. The molecule has 0 aliphatic carbocycles. The third-order valence-electron chi connectivity index (χ3n) is 1.58. The van der Waals surface area contributed by atoms with Crippen LogP contribution in [0.25, 0.3) is 0 Å². The van der Waals surface area contributed by atoms with Crippen molar-refractivity contribution in [2.45, 2.75) is 6.43 Å². The third kappa shape index (κ3) is 2.23. The second-order valence-electron chi connectivity index (χ2n) is 2.37. The highest BCUT2D eigenvalue weighted by atomic mass is 127. The molecule has 0 aliphatic heterocycles. The van der Waals surface area contributed by atoms with Gasteiger partial charge in [-0.25, -0.2) is 13.8 Å². The molecule has 0 radical (unpaired) electrons. The Morgan fingerprint density at radius 3 is 2.29 bits per heavy atom. The topological polar surface area (TPSA) is 31.4 Å². The van der Waals surface area contributed by atoms with E-state index in [-0.39, 0.29) is 11.4 Å². The predicted molar refractivity (Wildman–Crippen MR) is 55.0 cm³/mol. The molecule has 0 saturated heterocycles. The van der Waals surface area contributed by atoms with E-state index < -0.39 is 6.43 Å². The van der Waals surface area contributed by atoms with Crippen molar-refractivity contribution >= 4 is 22.6 Å². The van der Waals surface area contributed by atoms with E-state index in [0.29, 0.717) is 9.45 Å². The van der Waals surface area contributed by atoms with E-state index in [1.807, 2.05) is 22.6 Å². The van der Waals surface area contributed by atoms with Gasteiger partial charge in [0.2, 0.25) is 0 Å². The lowest BCUT2D eigenvalue weighted by molar-refractivity contribution is 0.141. The van der Waals surface area contributed by atoms with Crippen LogP contribution < -0.4 is 9.47 Å². The van der Waals surface area contributed by atoms with E-state index in [4.69, 9.17) is 9.47 Å². The van der Waals surface area contributed by atoms with Gasteiger partial charge < -0.3 is 9.47 Å². The summed E-state index contributed by atoms with van der Waals surface area (Å²) >= 11 is 1.83. The molecule has 0 fully saturated rings. The minimum atomic E-state index is -2.65. The Morgan fingerprint density at radius 1 is 1.29 bits per heavy atom. The summed E-state index contributed by atoms with van der Waals surface area (Å²) < 4.78 is 35.0. The lowest BCUT2D eigenvalue weighted by Crippen LogP contribution is -2.00. The molecule has 0 saturated carbocycles. The first-order valence-corrected chi connectivity index (χ1v) is 4.74. The summed E-state index contributed by atoms with van der Waals surface area (Å²) in [5.74, 6) is 0.462. The highest BCUT2D eigenvalue weighted by Crippen LogP contribution is 2.32. The Balaban J connectivity index is 3.24. The van der Waals surface area contributed by atoms with Crippen LogP contribution in [0.4, 0.5) is 8.78 Å². The van der Waals surface area contributed by atoms with Crippen LogP contribution in [0.2, 0.25) is 0 Å². The molecular formula is C8H8F2INO2. The average molecular weight is 315 g/mol. The average Bonchev–Trinajstić information content (AvgIpc) is 2.17. The summed E-state index contributed by atoms with van der Waals surface area (Å²) in [6.45, 7) is 0. The fourth-order valence-electron chi connectivity index (χ4n) is 0.931. The summed E-state index contributed by atoms with van der Waals surface area (Å²) in [5, 5.41) is 0. The number of rotatable bonds is 3. The Hall–Kier alpha value is -0.660. The van der Waals surface area contributed by atoms with Crippen molar-refractivity contribution in [3.63, 3.8) is 0 Å². The zero-order chi connectivity index (χ0) is 10.7. The Labute approximate surface area is 93.6 Å². The summed E-state index contributed by atoms with van der Waals surface area (Å²) in [7, 11) is 2.76. The minimum absolute atomic E-state index is 0.0391. The van der Waals surface area contributed by atoms with Gasteiger partial charge in [-0.1, -0.05) is 0 Å². The van der Waals surface area contributed by atoms with E-state index in [2.05, 4.69) is 4.98 Å². The van der Waals surface area contributed by atoms with Crippen molar-refractivity contribution in [3.8, 4) is 11.5 Å². The number of halogens is 3. The summed E-state index contributed by atoms with van der Waals surface area (Å²) in [4.78, 5) is 3.70. The second-order valence-corrected chi connectivity index (χ2v) is 3.39. The molecule has 0 atom stereocenters. The molecule has 6 heteroatoms. The van der Waals surface area contributed by atoms with Crippen LogP contribution in [-0.2, 0) is 0 Å². The molecular weight excluding hydrogens is 307 g/mol. The highest BCUT2D eigenvalue weighted by Gasteiger charge is 2.18. The SMILES string of the molecule is COc1cc(OC)c(C(F)F)nc1I. The normalized spacial score (nSPS) is 10.4. The number of ether oxygens (including phenoxy) is 2. The first-order chi connectivity index (χ1) is 6.60. The zero-order valence-corrected chi connectivity index (χ0v) is 9.71. The number of aromatic nitrogens is 1. The minimum Gasteiger partial charge on any atom is -0.494 e. The Kier molecular flexibility index (Phi) is 3.85. The van der Waals surface area contributed by atoms with Crippen LogP contribution in [0.1, 0.15) is 12.1 Å². The number of hydrogen-bond acceptors (Lipinski definition) is 3. The van der Waals surface area contributed by atoms with Crippen molar-refractivity contribution in [3.05, 3.63) is 15.5 Å². The van der Waals surface area contributed by atoms with Crippen molar-refractivity contribution in [2.24, 2.45) is 0 Å². The smallest absolute Gasteiger partial charge is 0.284 e. The van der Waals surface area contributed by atoms with Crippen molar-refractivity contribution in [2.75, 3.05) is 14.2 Å². The molecule has 1 aromatic heterocycles. The number of pyridine rings is 1. The molecule has 1 rings (SSSR count). The van der Waals surface area contributed by atoms with Gasteiger partial charge in [0.1, 0.15) is 15.1 Å². The van der Waals surface area contributed by atoms with E-state index in [9.17, 15) is 8.78 Å². The first-order valence-electron chi connectivity index (χ1n) is 3.66. The molecule has 14 heavy (non-hydrogen) atoms. The maximum atomic E-state index is 12.4. The lowest BCUT2D eigenvalue weighted by atomic mass is 10.3. The molecule has 1 aromatic rings. The van der Waals surface area contributed by atoms with Gasteiger partial charge in [0.05, 0.1) is 14.2 Å². The van der Waals surface area contributed by atoms with Crippen LogP contribution in [0.15, 0.2) is 6.07 Å². The van der Waals surface area contributed by atoms with Crippen LogP contribution in [0.5, 0.6) is 11.5 Å². The van der Waals surface area contributed by atoms with Crippen molar-refractivity contribution in [1.29, 1.82) is 0 Å². The number of nitrogens with zero attached hydrogens (tertiary/aromatic N) is 1. The van der Waals surface area contributed by atoms with Gasteiger partial charge in [0.15, 0.2) is 5.75 Å². The molecule has 0 amide bonds. The van der Waals surface area contributed by atoms with Crippen LogP contribution in [-0.4, -0.2) is 19.2 Å². The van der Waals surface area contributed by atoms with Gasteiger partial charge in [-0.2, -0.15) is 0 Å². The van der Waals surface area contributed by atoms with E-state index >= 15 is 0 Å². The van der Waals surface area contributed by atoms with Crippen molar-refractivity contribution < 1.29 is 18.3 Å². The van der Waals surface area contributed by atoms with Crippen LogP contribution in [0, 0.1) is 3.70 Å². The van der Waals surface area contributed by atoms with E-state index in [1.54, 1.807) is 0 Å². The molecule has 3 nitrogen and oxygen atoms in total. The maximum absolute atomic E-state index is 12.4. The number of alkyl halides is 2. The summed E-state index contributed by atoms with van der Waals surface area (Å²) in [5.41, 5.74) is -0.363. The highest BCUT2D eigenvalue weighted by molar-refractivity contribution is 14.1. The van der Waals surface area contributed by atoms with Crippen LogP contribution in [0.3, 0.4) is 0 Å². The van der Waals surface area contributed by atoms with Crippen molar-refractivity contribution in [1.82, 2.24) is 4.98 Å². The summed E-state index contributed by atoms with van der Waals surface area (Å²) in [6.07, 6.45) is -2.65. The largest absolute Gasteiger partial charge is 0.494 e. The van der Waals surface area contributed by atoms with Gasteiger partial charge in [0, 0.05) is 6.07 Å². The predicted octanol–water partition coefficient (Wildman–Crippen LogP) is 2.64. The monoisotopic (exact) mass is 315 g/mol. The molecule has 0 N–H and O–H groups in total. The Bertz CT molecular complexity index is 333. The van der Waals surface area contributed by atoms with Gasteiger partial charge in [-0.15, -0.1) is 0 Å². The van der Waals surface area contributed by atoms with E-state index in [1.165, 1.54) is 20.3 Å². The lowest BCUT2D eigenvalue weighted by Gasteiger charge is -2.10. The van der Waals surface area contributed by atoms with E-state index in [0.717, 1.165) is 0 Å². The maximum Gasteiger partial charge on any atom is 0.284 e. The second kappa shape index (κ2) is 4.72.